The zero-order chi connectivity index (χ0) is 12.3. The lowest BCUT2D eigenvalue weighted by molar-refractivity contribution is 0.0421. The van der Waals surface area contributed by atoms with Gasteiger partial charge in [0.15, 0.2) is 0 Å². The van der Waals surface area contributed by atoms with Crippen LogP contribution in [0.15, 0.2) is 12.4 Å². The molecule has 0 spiro atoms. The molecule has 0 saturated carbocycles. The molecule has 1 aromatic heterocycles. The Kier molecular flexibility index (Phi) is 3.23. The summed E-state index contributed by atoms with van der Waals surface area (Å²) >= 11 is 0. The van der Waals surface area contributed by atoms with Crippen LogP contribution in [0.4, 0.5) is 5.82 Å². The highest BCUT2D eigenvalue weighted by atomic mass is 16.5. The van der Waals surface area contributed by atoms with Gasteiger partial charge in [-0.15, -0.1) is 0 Å². The maximum absolute atomic E-state index is 12.0. The van der Waals surface area contributed by atoms with Crippen LogP contribution < -0.4 is 11.1 Å². The first-order chi connectivity index (χ1) is 8.09. The van der Waals surface area contributed by atoms with Gasteiger partial charge in [-0.05, 0) is 19.8 Å². The minimum atomic E-state index is -0.241. The predicted octanol–water partition coefficient (Wildman–Crippen LogP) is 0.358. The van der Waals surface area contributed by atoms with Crippen molar-refractivity contribution in [2.24, 2.45) is 0 Å². The second kappa shape index (κ2) is 4.67. The minimum absolute atomic E-state index is 0.235. The smallest absolute Gasteiger partial charge is 0.271 e. The number of hydrogen-bond donors (Lipinski definition) is 2. The molecule has 1 aliphatic heterocycles. The largest absolute Gasteiger partial charge is 0.382 e. The third-order valence-electron chi connectivity index (χ3n) is 2.90. The Labute approximate surface area is 99.6 Å². The maximum Gasteiger partial charge on any atom is 0.271 e. The highest BCUT2D eigenvalue weighted by molar-refractivity contribution is 5.92. The van der Waals surface area contributed by atoms with Gasteiger partial charge in [-0.25, -0.2) is 4.98 Å². The highest BCUT2D eigenvalue weighted by Gasteiger charge is 2.29. The number of anilines is 1. The van der Waals surface area contributed by atoms with Crippen molar-refractivity contribution in [2.75, 3.05) is 18.9 Å². The zero-order valence-electron chi connectivity index (χ0n) is 9.77. The average Bonchev–Trinajstić information content (AvgIpc) is 2.29. The number of aromatic nitrogens is 2. The molecular formula is C11H16N4O2. The first kappa shape index (κ1) is 11.8. The molecule has 1 aliphatic rings. The summed E-state index contributed by atoms with van der Waals surface area (Å²) < 4.78 is 5.27. The molecule has 1 aromatic rings. The molecule has 6 nitrogen and oxygen atoms in total. The van der Waals surface area contributed by atoms with Gasteiger partial charge in [-0.1, -0.05) is 0 Å². The molecule has 0 unspecified atom stereocenters. The third kappa shape index (κ3) is 2.91. The van der Waals surface area contributed by atoms with E-state index >= 15 is 0 Å². The van der Waals surface area contributed by atoms with Crippen molar-refractivity contribution in [1.29, 1.82) is 0 Å². The normalized spacial score (nSPS) is 18.6. The van der Waals surface area contributed by atoms with Gasteiger partial charge in [0.05, 0.1) is 12.4 Å². The summed E-state index contributed by atoms with van der Waals surface area (Å²) in [7, 11) is 0. The van der Waals surface area contributed by atoms with E-state index in [9.17, 15) is 4.79 Å². The Morgan fingerprint density at radius 1 is 1.47 bits per heavy atom. The number of amides is 1. The highest BCUT2D eigenvalue weighted by Crippen LogP contribution is 2.20. The molecular weight excluding hydrogens is 220 g/mol. The first-order valence-corrected chi connectivity index (χ1v) is 5.57. The average molecular weight is 236 g/mol. The number of nitrogens with two attached hydrogens (primary N) is 1. The van der Waals surface area contributed by atoms with Crippen LogP contribution in [0.1, 0.15) is 30.3 Å². The minimum Gasteiger partial charge on any atom is -0.382 e. The standard InChI is InChI=1S/C11H16N4O2/c1-11(2-4-17-5-3-11)15-10(16)8-6-13-7-9(12)14-8/h6-7H,2-5H2,1H3,(H2,12,14)(H,15,16). The van der Waals surface area contributed by atoms with Crippen LogP contribution in [0.2, 0.25) is 0 Å². The van der Waals surface area contributed by atoms with Gasteiger partial charge in [0, 0.05) is 18.8 Å². The van der Waals surface area contributed by atoms with Gasteiger partial charge >= 0.3 is 0 Å². The lowest BCUT2D eigenvalue weighted by Gasteiger charge is -2.34. The second-order valence-electron chi connectivity index (χ2n) is 4.46. The summed E-state index contributed by atoms with van der Waals surface area (Å²) in [6.07, 6.45) is 4.42. The van der Waals surface area contributed by atoms with Crippen molar-refractivity contribution in [3.8, 4) is 0 Å². The van der Waals surface area contributed by atoms with Crippen molar-refractivity contribution >= 4 is 11.7 Å². The Hall–Kier alpha value is -1.69. The summed E-state index contributed by atoms with van der Waals surface area (Å²) in [4.78, 5) is 19.8. The molecule has 17 heavy (non-hydrogen) atoms. The van der Waals surface area contributed by atoms with Gasteiger partial charge < -0.3 is 15.8 Å². The lowest BCUT2D eigenvalue weighted by Crippen LogP contribution is -2.49. The number of carbonyl (C=O) groups excluding carboxylic acids is 1. The van der Waals surface area contributed by atoms with Crippen molar-refractivity contribution in [2.45, 2.75) is 25.3 Å². The van der Waals surface area contributed by atoms with Gasteiger partial charge in [-0.2, -0.15) is 0 Å². The molecule has 1 fully saturated rings. The summed E-state index contributed by atoms with van der Waals surface area (Å²) in [6, 6.07) is 0. The van der Waals surface area contributed by atoms with Crippen LogP contribution in [-0.2, 0) is 4.74 Å². The van der Waals surface area contributed by atoms with Crippen LogP contribution in [-0.4, -0.2) is 34.6 Å². The van der Waals surface area contributed by atoms with E-state index in [4.69, 9.17) is 10.5 Å². The maximum atomic E-state index is 12.0. The lowest BCUT2D eigenvalue weighted by atomic mass is 9.92. The van der Waals surface area contributed by atoms with E-state index < -0.39 is 0 Å². The number of ether oxygens (including phenoxy) is 1. The summed E-state index contributed by atoms with van der Waals surface area (Å²) in [6.45, 7) is 3.34. The first-order valence-electron chi connectivity index (χ1n) is 5.57. The molecule has 0 aliphatic carbocycles. The summed E-state index contributed by atoms with van der Waals surface area (Å²) in [5.41, 5.74) is 5.50. The van der Waals surface area contributed by atoms with Gasteiger partial charge in [0.25, 0.3) is 5.91 Å². The van der Waals surface area contributed by atoms with Crippen LogP contribution in [0.3, 0.4) is 0 Å². The zero-order valence-corrected chi connectivity index (χ0v) is 9.77. The van der Waals surface area contributed by atoms with Crippen LogP contribution in [0.25, 0.3) is 0 Å². The number of nitrogens with one attached hydrogen (secondary N) is 1. The van der Waals surface area contributed by atoms with Gasteiger partial charge in [0.1, 0.15) is 11.5 Å². The van der Waals surface area contributed by atoms with E-state index in [0.29, 0.717) is 13.2 Å². The monoisotopic (exact) mass is 236 g/mol. The molecule has 0 bridgehead atoms. The Balaban J connectivity index is 2.06. The third-order valence-corrected chi connectivity index (χ3v) is 2.90. The number of nitrogen functional groups attached to an aromatic ring is 1. The molecule has 0 radical (unpaired) electrons. The molecule has 1 amide bonds. The molecule has 6 heteroatoms. The summed E-state index contributed by atoms with van der Waals surface area (Å²) in [5, 5.41) is 2.96. The molecule has 1 saturated heterocycles. The number of hydrogen-bond acceptors (Lipinski definition) is 5. The number of nitrogens with zero attached hydrogens (tertiary/aromatic N) is 2. The van der Waals surface area contributed by atoms with Gasteiger partial charge in [0.2, 0.25) is 0 Å². The molecule has 2 rings (SSSR count). The summed E-state index contributed by atoms with van der Waals surface area (Å²) in [5.74, 6) is 0.00369. The SMILES string of the molecule is CC1(NC(=O)c2cncc(N)n2)CCOCC1. The Morgan fingerprint density at radius 3 is 2.82 bits per heavy atom. The fourth-order valence-electron chi connectivity index (χ4n) is 1.78. The predicted molar refractivity (Wildman–Crippen MR) is 62.4 cm³/mol. The molecule has 2 heterocycles. The number of rotatable bonds is 2. The van der Waals surface area contributed by atoms with E-state index in [1.165, 1.54) is 12.4 Å². The van der Waals surface area contributed by atoms with Crippen LogP contribution in [0, 0.1) is 0 Å². The van der Waals surface area contributed by atoms with E-state index in [0.717, 1.165) is 12.8 Å². The van der Waals surface area contributed by atoms with Crippen LogP contribution >= 0.6 is 0 Å². The fourth-order valence-corrected chi connectivity index (χ4v) is 1.78. The Morgan fingerprint density at radius 2 is 2.18 bits per heavy atom. The second-order valence-corrected chi connectivity index (χ2v) is 4.46. The van der Waals surface area contributed by atoms with Crippen LogP contribution in [0.5, 0.6) is 0 Å². The van der Waals surface area contributed by atoms with E-state index in [1.54, 1.807) is 0 Å². The van der Waals surface area contributed by atoms with Crippen molar-refractivity contribution < 1.29 is 9.53 Å². The van der Waals surface area contributed by atoms with E-state index in [2.05, 4.69) is 15.3 Å². The van der Waals surface area contributed by atoms with E-state index in [-0.39, 0.29) is 23.0 Å². The van der Waals surface area contributed by atoms with Crippen molar-refractivity contribution in [1.82, 2.24) is 15.3 Å². The Bertz CT molecular complexity index is 416. The van der Waals surface area contributed by atoms with E-state index in [1.807, 2.05) is 6.92 Å². The van der Waals surface area contributed by atoms with Crippen molar-refractivity contribution in [3.63, 3.8) is 0 Å². The molecule has 0 aromatic carbocycles. The topological polar surface area (TPSA) is 90.1 Å². The van der Waals surface area contributed by atoms with Crippen molar-refractivity contribution in [3.05, 3.63) is 18.1 Å². The fraction of sp³-hybridized carbons (Fsp3) is 0.545. The molecule has 3 N–H and O–H groups in total. The molecule has 92 valence electrons. The quantitative estimate of drug-likeness (QED) is 0.773. The van der Waals surface area contributed by atoms with Gasteiger partial charge in [-0.3, -0.25) is 9.78 Å². The number of carbonyl (C=O) groups is 1. The molecule has 0 atom stereocenters.